The highest BCUT2D eigenvalue weighted by Crippen LogP contribution is 2.20. The first-order chi connectivity index (χ1) is 12.7. The zero-order valence-electron chi connectivity index (χ0n) is 14.0. The molecule has 8 heteroatoms. The first kappa shape index (κ1) is 19.7. The second-order valence-corrected chi connectivity index (χ2v) is 5.21. The van der Waals surface area contributed by atoms with E-state index in [1.807, 2.05) is 0 Å². The normalized spacial score (nSPS) is 15.2. The largest absolute Gasteiger partial charge is 0.478 e. The summed E-state index contributed by atoms with van der Waals surface area (Å²) in [5, 5.41) is 10.7. The fraction of sp³-hybridized carbons (Fsp3) is 0.105. The van der Waals surface area contributed by atoms with Crippen molar-refractivity contribution in [2.75, 3.05) is 0 Å². The van der Waals surface area contributed by atoms with Crippen LogP contribution in [0.4, 0.5) is 13.2 Å². The average Bonchev–Trinajstić information content (AvgIpc) is 2.99. The predicted octanol–water partition coefficient (Wildman–Crippen LogP) is 3.21. The van der Waals surface area contributed by atoms with E-state index in [1.54, 1.807) is 30.5 Å². The Hall–Kier alpha value is -3.60. The first-order valence-corrected chi connectivity index (χ1v) is 7.57. The van der Waals surface area contributed by atoms with Gasteiger partial charge in [-0.3, -0.25) is 4.79 Å². The van der Waals surface area contributed by atoms with Crippen molar-refractivity contribution >= 4 is 17.7 Å². The van der Waals surface area contributed by atoms with Crippen LogP contribution in [0.3, 0.4) is 0 Å². The monoisotopic (exact) mass is 374 g/mol. The Morgan fingerprint density at radius 3 is 2.63 bits per heavy atom. The third-order valence-electron chi connectivity index (χ3n) is 3.26. The van der Waals surface area contributed by atoms with E-state index in [1.165, 1.54) is 30.5 Å². The van der Waals surface area contributed by atoms with Gasteiger partial charge in [0.05, 0.1) is 11.1 Å². The van der Waals surface area contributed by atoms with Crippen LogP contribution in [0.15, 0.2) is 64.8 Å². The molecule has 1 aromatic rings. The summed E-state index contributed by atoms with van der Waals surface area (Å²) < 4.78 is 37.4. The van der Waals surface area contributed by atoms with Crippen LogP contribution in [0.1, 0.15) is 22.8 Å². The molecule has 0 aromatic heterocycles. The van der Waals surface area contributed by atoms with E-state index in [4.69, 9.17) is 5.11 Å². The van der Waals surface area contributed by atoms with Gasteiger partial charge in [-0.2, -0.15) is 13.2 Å². The van der Waals surface area contributed by atoms with Crippen LogP contribution < -0.4 is 5.32 Å². The van der Waals surface area contributed by atoms with Crippen LogP contribution in [-0.4, -0.2) is 29.0 Å². The quantitative estimate of drug-likeness (QED) is 0.781. The molecule has 138 valence electrons. The minimum absolute atomic E-state index is 0.0567. The number of carbonyl (C=O) groups is 2. The number of alkyl halides is 3. The summed E-state index contributed by atoms with van der Waals surface area (Å²) in [6, 6.07) is 5.90. The van der Waals surface area contributed by atoms with Crippen LogP contribution >= 0.6 is 0 Å². The maximum absolute atomic E-state index is 12.5. The van der Waals surface area contributed by atoms with Gasteiger partial charge in [-0.05, 0) is 25.1 Å². The van der Waals surface area contributed by atoms with Crippen molar-refractivity contribution in [2.24, 2.45) is 4.99 Å². The number of halogens is 3. The Balaban J connectivity index is 2.28. The molecule has 2 N–H and O–H groups in total. The maximum Gasteiger partial charge on any atom is 0.471 e. The number of hydrogen-bond acceptors (Lipinski definition) is 3. The number of aromatic carboxylic acids is 1. The Morgan fingerprint density at radius 2 is 2.00 bits per heavy atom. The molecular formula is C19H13F3N2O3. The number of amides is 1. The van der Waals surface area contributed by atoms with Crippen molar-refractivity contribution in [1.29, 1.82) is 0 Å². The third-order valence-corrected chi connectivity index (χ3v) is 3.26. The highest BCUT2D eigenvalue weighted by molar-refractivity contribution is 6.13. The Kier molecular flexibility index (Phi) is 5.98. The molecule has 1 aliphatic rings. The molecule has 0 bridgehead atoms. The van der Waals surface area contributed by atoms with Crippen LogP contribution in [0.25, 0.3) is 0 Å². The lowest BCUT2D eigenvalue weighted by atomic mass is 10.1. The topological polar surface area (TPSA) is 78.8 Å². The molecule has 0 saturated heterocycles. The van der Waals surface area contributed by atoms with Crippen LogP contribution in [0, 0.1) is 11.8 Å². The van der Waals surface area contributed by atoms with E-state index in [2.05, 4.69) is 16.8 Å². The summed E-state index contributed by atoms with van der Waals surface area (Å²) in [5.74, 6) is 1.97. The van der Waals surface area contributed by atoms with Gasteiger partial charge in [-0.25, -0.2) is 9.79 Å². The van der Waals surface area contributed by atoms with E-state index in [-0.39, 0.29) is 22.5 Å². The number of carbonyl (C=O) groups excluding carboxylic acids is 1. The molecule has 5 nitrogen and oxygen atoms in total. The van der Waals surface area contributed by atoms with Gasteiger partial charge >= 0.3 is 18.1 Å². The molecule has 1 aromatic carbocycles. The molecule has 0 unspecified atom stereocenters. The van der Waals surface area contributed by atoms with E-state index >= 15 is 0 Å². The number of benzene rings is 1. The Morgan fingerprint density at radius 1 is 1.26 bits per heavy atom. The molecule has 2 rings (SSSR count). The Labute approximate surface area is 152 Å². The summed E-state index contributed by atoms with van der Waals surface area (Å²) in [6.07, 6.45) is 0.873. The molecule has 1 aliphatic heterocycles. The fourth-order valence-electron chi connectivity index (χ4n) is 2.00. The molecule has 1 amide bonds. The predicted molar refractivity (Wildman–Crippen MR) is 92.9 cm³/mol. The smallest absolute Gasteiger partial charge is 0.471 e. The third kappa shape index (κ3) is 5.19. The molecule has 0 aliphatic carbocycles. The number of nitrogens with zero attached hydrogens (tertiary/aromatic N) is 1. The van der Waals surface area contributed by atoms with Crippen molar-refractivity contribution in [2.45, 2.75) is 13.1 Å². The number of hydrogen-bond donors (Lipinski definition) is 2. The summed E-state index contributed by atoms with van der Waals surface area (Å²) in [5.41, 5.74) is 0.967. The zero-order valence-corrected chi connectivity index (χ0v) is 14.0. The number of carboxylic acids is 1. The number of aliphatic imine (C=N–C) groups is 1. The van der Waals surface area contributed by atoms with Crippen molar-refractivity contribution in [3.63, 3.8) is 0 Å². The van der Waals surface area contributed by atoms with E-state index in [0.717, 1.165) is 0 Å². The molecule has 0 radical (unpaired) electrons. The lowest BCUT2D eigenvalue weighted by Crippen LogP contribution is -2.40. The van der Waals surface area contributed by atoms with Gasteiger partial charge in [-0.15, -0.1) is 0 Å². The lowest BCUT2D eigenvalue weighted by Gasteiger charge is -2.09. The van der Waals surface area contributed by atoms with Crippen molar-refractivity contribution < 1.29 is 27.9 Å². The highest BCUT2D eigenvalue weighted by atomic mass is 19.4. The average molecular weight is 374 g/mol. The SMILES string of the molecule is C/C=C\C=C1\C(C#Cc2cccc(C(=O)O)c2)=CN=C1NC(=O)C(F)(F)F. The second-order valence-electron chi connectivity index (χ2n) is 5.21. The van der Waals surface area contributed by atoms with Gasteiger partial charge in [0.1, 0.15) is 5.84 Å². The molecular weight excluding hydrogens is 361 g/mol. The number of amidine groups is 1. The minimum Gasteiger partial charge on any atom is -0.478 e. The van der Waals surface area contributed by atoms with Gasteiger partial charge in [-0.1, -0.05) is 36.1 Å². The van der Waals surface area contributed by atoms with Crippen molar-refractivity contribution in [1.82, 2.24) is 5.32 Å². The van der Waals surface area contributed by atoms with Crippen LogP contribution in [0.5, 0.6) is 0 Å². The van der Waals surface area contributed by atoms with Gasteiger partial charge in [0, 0.05) is 17.3 Å². The maximum atomic E-state index is 12.5. The second kappa shape index (κ2) is 8.19. The molecule has 0 saturated carbocycles. The molecule has 0 fully saturated rings. The summed E-state index contributed by atoms with van der Waals surface area (Å²) in [4.78, 5) is 25.9. The number of carboxylic acid groups (broad SMARTS) is 1. The van der Waals surface area contributed by atoms with Gasteiger partial charge < -0.3 is 10.4 Å². The van der Waals surface area contributed by atoms with E-state index in [9.17, 15) is 22.8 Å². The molecule has 0 atom stereocenters. The van der Waals surface area contributed by atoms with E-state index < -0.39 is 18.1 Å². The molecule has 1 heterocycles. The minimum atomic E-state index is -5.04. The zero-order chi connectivity index (χ0) is 20.0. The summed E-state index contributed by atoms with van der Waals surface area (Å²) >= 11 is 0. The van der Waals surface area contributed by atoms with Crippen molar-refractivity contribution in [3.8, 4) is 11.8 Å². The Bertz CT molecular complexity index is 958. The molecule has 0 spiro atoms. The summed E-state index contributed by atoms with van der Waals surface area (Å²) in [6.45, 7) is 1.71. The fourth-order valence-corrected chi connectivity index (χ4v) is 2.00. The standard InChI is InChI=1S/C19H13F3N2O3/c1-2-3-7-15-14(11-23-16(15)24-18(27)19(20,21)22)9-8-12-5-4-6-13(10-12)17(25)26/h2-7,10-11H,1H3,(H,25,26)(H,23,24,27)/b3-2-,15-7-. The van der Waals surface area contributed by atoms with Crippen LogP contribution in [-0.2, 0) is 4.79 Å². The van der Waals surface area contributed by atoms with Gasteiger partial charge in [0.2, 0.25) is 0 Å². The van der Waals surface area contributed by atoms with Crippen molar-refractivity contribution in [3.05, 3.63) is 71.0 Å². The van der Waals surface area contributed by atoms with Crippen LogP contribution in [0.2, 0.25) is 0 Å². The van der Waals surface area contributed by atoms with E-state index in [0.29, 0.717) is 5.56 Å². The number of nitrogens with one attached hydrogen (secondary N) is 1. The first-order valence-electron chi connectivity index (χ1n) is 7.57. The lowest BCUT2D eigenvalue weighted by molar-refractivity contribution is -0.171. The molecule has 27 heavy (non-hydrogen) atoms. The highest BCUT2D eigenvalue weighted by Gasteiger charge is 2.40. The number of allylic oxidation sites excluding steroid dienone is 3. The van der Waals surface area contributed by atoms with Gasteiger partial charge in [0.15, 0.2) is 0 Å². The summed E-state index contributed by atoms with van der Waals surface area (Å²) in [7, 11) is 0. The number of rotatable bonds is 2. The van der Waals surface area contributed by atoms with Gasteiger partial charge in [0.25, 0.3) is 0 Å².